The predicted molar refractivity (Wildman–Crippen MR) is 100 cm³/mol. The third kappa shape index (κ3) is 3.73. The second-order valence-corrected chi connectivity index (χ2v) is 6.62. The number of halogens is 2. The molecule has 1 amide bonds. The first-order valence-corrected chi connectivity index (χ1v) is 8.52. The molecule has 0 radical (unpaired) electrons. The maximum Gasteiger partial charge on any atom is 0.252 e. The van der Waals surface area contributed by atoms with Gasteiger partial charge in [0.25, 0.3) is 5.91 Å². The zero-order chi connectivity index (χ0) is 17.1. The molecule has 2 N–H and O–H groups in total. The molecule has 3 nitrogen and oxygen atoms in total. The number of hydrogen-bond donors (Lipinski definition) is 2. The van der Waals surface area contributed by atoms with Crippen LogP contribution in [0.1, 0.15) is 22.0 Å². The number of amides is 1. The van der Waals surface area contributed by atoms with E-state index < -0.39 is 17.8 Å². The lowest BCUT2D eigenvalue weighted by Gasteiger charge is -2.14. The summed E-state index contributed by atoms with van der Waals surface area (Å²) in [4.78, 5) is 12.2. The van der Waals surface area contributed by atoms with Crippen LogP contribution in [0.3, 0.4) is 0 Å². The van der Waals surface area contributed by atoms with E-state index in [0.29, 0.717) is 3.57 Å². The minimum atomic E-state index is -0.829. The van der Waals surface area contributed by atoms with Crippen LogP contribution in [0.5, 0.6) is 0 Å². The maximum absolute atomic E-state index is 13.3. The summed E-state index contributed by atoms with van der Waals surface area (Å²) in [6.45, 7) is 0.0593. The number of hydrogen-bond acceptors (Lipinski definition) is 2. The number of rotatable bonds is 4. The lowest BCUT2D eigenvalue weighted by molar-refractivity contribution is 0.0915. The van der Waals surface area contributed by atoms with Gasteiger partial charge in [-0.1, -0.05) is 36.4 Å². The smallest absolute Gasteiger partial charge is 0.252 e. The van der Waals surface area contributed by atoms with Crippen molar-refractivity contribution in [2.45, 2.75) is 6.10 Å². The van der Waals surface area contributed by atoms with Crippen molar-refractivity contribution in [1.29, 1.82) is 0 Å². The third-order valence-corrected chi connectivity index (χ3v) is 4.73. The molecule has 0 aliphatic heterocycles. The van der Waals surface area contributed by atoms with Gasteiger partial charge in [0.05, 0.1) is 11.7 Å². The fraction of sp³-hybridized carbons (Fsp3) is 0.105. The Morgan fingerprint density at radius 1 is 1.08 bits per heavy atom. The van der Waals surface area contributed by atoms with Gasteiger partial charge in [-0.25, -0.2) is 4.39 Å². The molecule has 3 rings (SSSR count). The van der Waals surface area contributed by atoms with Gasteiger partial charge < -0.3 is 10.4 Å². The molecule has 3 aromatic carbocycles. The molecule has 0 heterocycles. The van der Waals surface area contributed by atoms with E-state index in [1.165, 1.54) is 12.1 Å². The Morgan fingerprint density at radius 2 is 1.83 bits per heavy atom. The molecular weight excluding hydrogens is 420 g/mol. The van der Waals surface area contributed by atoms with E-state index >= 15 is 0 Å². The van der Waals surface area contributed by atoms with Crippen LogP contribution in [0, 0.1) is 9.39 Å². The van der Waals surface area contributed by atoms with Crippen molar-refractivity contribution in [3.05, 3.63) is 81.2 Å². The average Bonchev–Trinajstić information content (AvgIpc) is 2.61. The Balaban J connectivity index is 1.71. The van der Waals surface area contributed by atoms with E-state index in [4.69, 9.17) is 0 Å². The van der Waals surface area contributed by atoms with E-state index in [1.54, 1.807) is 6.07 Å². The maximum atomic E-state index is 13.3. The molecule has 0 fully saturated rings. The van der Waals surface area contributed by atoms with Crippen molar-refractivity contribution < 1.29 is 14.3 Å². The summed E-state index contributed by atoms with van der Waals surface area (Å²) in [6, 6.07) is 17.6. The van der Waals surface area contributed by atoms with Crippen LogP contribution < -0.4 is 5.32 Å². The molecule has 0 aliphatic carbocycles. The third-order valence-electron chi connectivity index (χ3n) is 3.79. The Morgan fingerprint density at radius 3 is 2.62 bits per heavy atom. The Hall–Kier alpha value is -1.99. The molecule has 1 atom stereocenters. The van der Waals surface area contributed by atoms with Gasteiger partial charge in [-0.3, -0.25) is 4.79 Å². The summed E-state index contributed by atoms with van der Waals surface area (Å²) in [6.07, 6.45) is -0.829. The van der Waals surface area contributed by atoms with Crippen molar-refractivity contribution in [3.63, 3.8) is 0 Å². The molecule has 0 saturated heterocycles. The molecule has 0 bridgehead atoms. The SMILES string of the molecule is O=C(NCC(O)c1ccc2ccccc2c1)c1cc(F)ccc1I. The molecule has 0 spiro atoms. The molecule has 1 unspecified atom stereocenters. The van der Waals surface area contributed by atoms with Gasteiger partial charge in [0.15, 0.2) is 0 Å². The Kier molecular flexibility index (Phi) is 5.11. The van der Waals surface area contributed by atoms with E-state index in [1.807, 2.05) is 65.1 Å². The van der Waals surface area contributed by atoms with Crippen LogP contribution in [0.25, 0.3) is 10.8 Å². The Bertz CT molecular complexity index is 897. The highest BCUT2D eigenvalue weighted by Gasteiger charge is 2.14. The fourth-order valence-electron chi connectivity index (χ4n) is 2.49. The largest absolute Gasteiger partial charge is 0.387 e. The lowest BCUT2D eigenvalue weighted by atomic mass is 10.0. The van der Waals surface area contributed by atoms with Crippen LogP contribution in [0.4, 0.5) is 4.39 Å². The second-order valence-electron chi connectivity index (χ2n) is 5.46. The van der Waals surface area contributed by atoms with Gasteiger partial charge in [0.1, 0.15) is 5.82 Å². The summed E-state index contributed by atoms with van der Waals surface area (Å²) in [5, 5.41) is 15.1. The van der Waals surface area contributed by atoms with Crippen LogP contribution in [-0.2, 0) is 0 Å². The lowest BCUT2D eigenvalue weighted by Crippen LogP contribution is -2.29. The van der Waals surface area contributed by atoms with Gasteiger partial charge in [0, 0.05) is 10.1 Å². The van der Waals surface area contributed by atoms with Crippen molar-refractivity contribution in [3.8, 4) is 0 Å². The van der Waals surface area contributed by atoms with E-state index in [-0.39, 0.29) is 12.1 Å². The summed E-state index contributed by atoms with van der Waals surface area (Å²) < 4.78 is 13.9. The highest BCUT2D eigenvalue weighted by atomic mass is 127. The first-order chi connectivity index (χ1) is 11.5. The highest BCUT2D eigenvalue weighted by Crippen LogP contribution is 2.20. The summed E-state index contributed by atoms with van der Waals surface area (Å²) in [5.74, 6) is -0.866. The molecule has 122 valence electrons. The van der Waals surface area contributed by atoms with Gasteiger partial charge >= 0.3 is 0 Å². The summed E-state index contributed by atoms with van der Waals surface area (Å²) in [5.41, 5.74) is 0.990. The number of nitrogens with one attached hydrogen (secondary N) is 1. The predicted octanol–water partition coefficient (Wildman–Crippen LogP) is 4.05. The van der Waals surface area contributed by atoms with E-state index in [9.17, 15) is 14.3 Å². The number of carbonyl (C=O) groups is 1. The van der Waals surface area contributed by atoms with Crippen molar-refractivity contribution in [1.82, 2.24) is 5.32 Å². The summed E-state index contributed by atoms with van der Waals surface area (Å²) in [7, 11) is 0. The topological polar surface area (TPSA) is 49.3 Å². The van der Waals surface area contributed by atoms with Gasteiger partial charge in [0.2, 0.25) is 0 Å². The fourth-order valence-corrected chi connectivity index (χ4v) is 3.07. The first-order valence-electron chi connectivity index (χ1n) is 7.44. The number of benzene rings is 3. The van der Waals surface area contributed by atoms with Crippen molar-refractivity contribution in [2.24, 2.45) is 0 Å². The summed E-state index contributed by atoms with van der Waals surface area (Å²) >= 11 is 1.98. The minimum absolute atomic E-state index is 0.0593. The standard InChI is InChI=1S/C19H15FINO2/c20-15-7-8-17(21)16(10-15)19(24)22-11-18(23)14-6-5-12-3-1-2-4-13(12)9-14/h1-10,18,23H,11H2,(H,22,24). The monoisotopic (exact) mass is 435 g/mol. The van der Waals surface area contributed by atoms with E-state index in [2.05, 4.69) is 5.32 Å². The Labute approximate surface area is 152 Å². The molecular formula is C19H15FINO2. The highest BCUT2D eigenvalue weighted by molar-refractivity contribution is 14.1. The van der Waals surface area contributed by atoms with Crippen LogP contribution in [0.2, 0.25) is 0 Å². The second kappa shape index (κ2) is 7.27. The van der Waals surface area contributed by atoms with Gasteiger partial charge in [-0.15, -0.1) is 0 Å². The minimum Gasteiger partial charge on any atom is -0.387 e. The van der Waals surface area contributed by atoms with Crippen LogP contribution in [-0.4, -0.2) is 17.6 Å². The molecule has 0 aliphatic rings. The number of aliphatic hydroxyl groups is 1. The van der Waals surface area contributed by atoms with Crippen LogP contribution >= 0.6 is 22.6 Å². The van der Waals surface area contributed by atoms with E-state index in [0.717, 1.165) is 16.3 Å². The molecule has 0 saturated carbocycles. The number of aliphatic hydroxyl groups excluding tert-OH is 1. The van der Waals surface area contributed by atoms with Gasteiger partial charge in [-0.2, -0.15) is 0 Å². The molecule has 3 aromatic rings. The van der Waals surface area contributed by atoms with Crippen LogP contribution in [0.15, 0.2) is 60.7 Å². The van der Waals surface area contributed by atoms with Gasteiger partial charge in [-0.05, 0) is 63.2 Å². The molecule has 5 heteroatoms. The van der Waals surface area contributed by atoms with Crippen molar-refractivity contribution >= 4 is 39.3 Å². The first kappa shape index (κ1) is 16.9. The van der Waals surface area contributed by atoms with Crippen molar-refractivity contribution in [2.75, 3.05) is 6.54 Å². The zero-order valence-electron chi connectivity index (χ0n) is 12.7. The number of carbonyl (C=O) groups excluding carboxylic acids is 1. The normalized spacial score (nSPS) is 12.1. The average molecular weight is 435 g/mol. The molecule has 0 aromatic heterocycles. The quantitative estimate of drug-likeness (QED) is 0.608. The number of fused-ring (bicyclic) bond motifs is 1. The zero-order valence-corrected chi connectivity index (χ0v) is 14.8. The molecule has 24 heavy (non-hydrogen) atoms.